The molecule has 3 heterocycles. The minimum Gasteiger partial charge on any atom is -0.337 e. The molecule has 1 amide bonds. The lowest BCUT2D eigenvalue weighted by atomic mass is 10.0. The van der Waals surface area contributed by atoms with Crippen molar-refractivity contribution in [2.45, 2.75) is 46.2 Å². The average Bonchev–Trinajstić information content (AvgIpc) is 3.07. The van der Waals surface area contributed by atoms with Crippen LogP contribution in [0.3, 0.4) is 0 Å². The molecule has 7 nitrogen and oxygen atoms in total. The number of aryl methyl sites for hydroxylation is 1. The van der Waals surface area contributed by atoms with E-state index in [2.05, 4.69) is 25.9 Å². The summed E-state index contributed by atoms with van der Waals surface area (Å²) in [6.45, 7) is 6.69. The Hall–Kier alpha value is -2.26. The van der Waals surface area contributed by atoms with E-state index in [1.807, 2.05) is 32.9 Å². The van der Waals surface area contributed by atoms with Crippen LogP contribution in [0.4, 0.5) is 0 Å². The number of aromatic nitrogens is 3. The topological polar surface area (TPSA) is 88.1 Å². The number of halogens is 1. The molecule has 0 aromatic carbocycles. The summed E-state index contributed by atoms with van der Waals surface area (Å²) in [5.41, 5.74) is 0.108. The Morgan fingerprint density at radius 1 is 1.34 bits per heavy atom. The van der Waals surface area contributed by atoms with Gasteiger partial charge in [0.1, 0.15) is 0 Å². The number of H-pyrrole nitrogens is 1. The van der Waals surface area contributed by atoms with Crippen LogP contribution < -0.4 is 11.2 Å². The second kappa shape index (κ2) is 8.62. The third-order valence-electron chi connectivity index (χ3n) is 4.61. The molecule has 1 N–H and O–H groups in total. The minimum atomic E-state index is -0.587. The molecule has 0 bridgehead atoms. The second-order valence-electron chi connectivity index (χ2n) is 7.23. The van der Waals surface area contributed by atoms with Crippen molar-refractivity contribution in [3.8, 4) is 0 Å². The van der Waals surface area contributed by atoms with E-state index in [0.29, 0.717) is 25.2 Å². The number of thiophene rings is 1. The third kappa shape index (κ3) is 4.35. The predicted octanol–water partition coefficient (Wildman–Crippen LogP) is 3.71. The summed E-state index contributed by atoms with van der Waals surface area (Å²) >= 11 is 4.98. The minimum absolute atomic E-state index is 0.0361. The molecular formula is C20H23BrN4O3S. The number of carbonyl (C=O) groups is 1. The first-order valence-corrected chi connectivity index (χ1v) is 11.0. The second-order valence-corrected chi connectivity index (χ2v) is 9.77. The summed E-state index contributed by atoms with van der Waals surface area (Å²) in [6.07, 6.45) is 0.699. The lowest BCUT2D eigenvalue weighted by Crippen LogP contribution is -2.34. The van der Waals surface area contributed by atoms with Crippen molar-refractivity contribution in [2.75, 3.05) is 7.05 Å². The van der Waals surface area contributed by atoms with E-state index in [1.54, 1.807) is 29.4 Å². The Morgan fingerprint density at radius 2 is 2.07 bits per heavy atom. The largest absolute Gasteiger partial charge is 0.337 e. The Balaban J connectivity index is 2.19. The van der Waals surface area contributed by atoms with E-state index in [0.717, 1.165) is 8.66 Å². The van der Waals surface area contributed by atoms with E-state index in [4.69, 9.17) is 0 Å². The highest BCUT2D eigenvalue weighted by molar-refractivity contribution is 9.11. The number of amides is 1. The number of nitrogens with zero attached hydrogens (tertiary/aromatic N) is 3. The molecule has 0 aliphatic rings. The summed E-state index contributed by atoms with van der Waals surface area (Å²) in [4.78, 5) is 47.8. The summed E-state index contributed by atoms with van der Waals surface area (Å²) in [5.74, 6) is -0.245. The molecule has 0 atom stereocenters. The lowest BCUT2D eigenvalue weighted by Gasteiger charge is -2.19. The van der Waals surface area contributed by atoms with Crippen LogP contribution in [-0.4, -0.2) is 32.4 Å². The first kappa shape index (κ1) is 21.4. The maximum absolute atomic E-state index is 13.3. The van der Waals surface area contributed by atoms with E-state index in [1.165, 1.54) is 4.57 Å². The van der Waals surface area contributed by atoms with Gasteiger partial charge in [0.15, 0.2) is 5.65 Å². The monoisotopic (exact) mass is 478 g/mol. The number of hydrogen-bond donors (Lipinski definition) is 1. The smallest absolute Gasteiger partial charge is 0.329 e. The lowest BCUT2D eigenvalue weighted by molar-refractivity contribution is 0.0788. The molecule has 9 heteroatoms. The van der Waals surface area contributed by atoms with Gasteiger partial charge < -0.3 is 4.90 Å². The van der Waals surface area contributed by atoms with Gasteiger partial charge in [0.2, 0.25) is 0 Å². The van der Waals surface area contributed by atoms with Crippen molar-refractivity contribution in [3.05, 3.63) is 59.0 Å². The molecule has 0 radical (unpaired) electrons. The summed E-state index contributed by atoms with van der Waals surface area (Å²) in [5, 5.41) is 0.159. The van der Waals surface area contributed by atoms with Crippen molar-refractivity contribution < 1.29 is 4.79 Å². The van der Waals surface area contributed by atoms with Crippen LogP contribution in [0.25, 0.3) is 11.0 Å². The van der Waals surface area contributed by atoms with E-state index in [-0.39, 0.29) is 28.4 Å². The van der Waals surface area contributed by atoms with Crippen molar-refractivity contribution in [1.29, 1.82) is 0 Å². The quantitative estimate of drug-likeness (QED) is 0.584. The zero-order chi connectivity index (χ0) is 21.3. The molecule has 0 saturated carbocycles. The molecule has 0 spiro atoms. The first-order chi connectivity index (χ1) is 13.7. The van der Waals surface area contributed by atoms with E-state index >= 15 is 0 Å². The molecule has 29 heavy (non-hydrogen) atoms. The molecule has 3 rings (SSSR count). The van der Waals surface area contributed by atoms with Crippen molar-refractivity contribution in [3.63, 3.8) is 0 Å². The third-order valence-corrected chi connectivity index (χ3v) is 6.21. The molecule has 154 valence electrons. The summed E-state index contributed by atoms with van der Waals surface area (Å²) in [7, 11) is 1.70. The highest BCUT2D eigenvalue weighted by atomic mass is 79.9. The van der Waals surface area contributed by atoms with Gasteiger partial charge in [0, 0.05) is 24.2 Å². The van der Waals surface area contributed by atoms with E-state index < -0.39 is 11.2 Å². The number of fused-ring (bicyclic) bond motifs is 1. The van der Waals surface area contributed by atoms with Crippen LogP contribution in [0.1, 0.15) is 54.0 Å². The fraction of sp³-hybridized carbons (Fsp3) is 0.400. The van der Waals surface area contributed by atoms with Crippen LogP contribution in [0, 0.1) is 0 Å². The maximum Gasteiger partial charge on any atom is 0.329 e. The fourth-order valence-corrected chi connectivity index (χ4v) is 4.67. The molecule has 3 aromatic rings. The Bertz CT molecular complexity index is 1180. The first-order valence-electron chi connectivity index (χ1n) is 9.40. The van der Waals surface area contributed by atoms with Gasteiger partial charge in [-0.15, -0.1) is 11.3 Å². The van der Waals surface area contributed by atoms with Crippen molar-refractivity contribution in [2.24, 2.45) is 0 Å². The van der Waals surface area contributed by atoms with Crippen LogP contribution in [0.15, 0.2) is 31.6 Å². The highest BCUT2D eigenvalue weighted by Crippen LogP contribution is 2.25. The number of aromatic amines is 1. The van der Waals surface area contributed by atoms with E-state index in [9.17, 15) is 14.4 Å². The van der Waals surface area contributed by atoms with Gasteiger partial charge in [0.25, 0.3) is 11.5 Å². The number of carbonyl (C=O) groups excluding carboxylic acids is 1. The molecule has 0 saturated heterocycles. The number of hydrogen-bond acceptors (Lipinski definition) is 5. The molecule has 3 aromatic heterocycles. The van der Waals surface area contributed by atoms with Gasteiger partial charge >= 0.3 is 5.69 Å². The highest BCUT2D eigenvalue weighted by Gasteiger charge is 2.23. The standard InChI is InChI=1S/C20H23BrN4O3S/c1-5-8-25-17-16(18(26)23-20(25)28)13(9-14(22-17)11(2)3)19(27)24(4)10-12-6-7-15(21)29-12/h6-7,9,11H,5,8,10H2,1-4H3,(H,23,26,28). The zero-order valence-electron chi connectivity index (χ0n) is 16.8. The van der Waals surface area contributed by atoms with Gasteiger partial charge in [-0.3, -0.25) is 19.1 Å². The van der Waals surface area contributed by atoms with Crippen LogP contribution >= 0.6 is 27.3 Å². The average molecular weight is 479 g/mol. The van der Waals surface area contributed by atoms with Crippen molar-refractivity contribution in [1.82, 2.24) is 19.4 Å². The maximum atomic E-state index is 13.3. The number of nitrogens with one attached hydrogen (secondary N) is 1. The Labute approximate surface area is 180 Å². The normalized spacial score (nSPS) is 11.4. The molecule has 0 aliphatic heterocycles. The Morgan fingerprint density at radius 3 is 2.66 bits per heavy atom. The van der Waals surface area contributed by atoms with Gasteiger partial charge in [0.05, 0.1) is 21.3 Å². The Kier molecular flexibility index (Phi) is 6.38. The van der Waals surface area contributed by atoms with Crippen molar-refractivity contribution >= 4 is 44.2 Å². The van der Waals surface area contributed by atoms with Crippen LogP contribution in [0.5, 0.6) is 0 Å². The SMILES string of the molecule is CCCn1c(=O)[nH]c(=O)c2c(C(=O)N(C)Cc3ccc(Br)s3)cc(C(C)C)nc21. The van der Waals surface area contributed by atoms with Gasteiger partial charge in [-0.1, -0.05) is 20.8 Å². The molecule has 0 aliphatic carbocycles. The zero-order valence-corrected chi connectivity index (χ0v) is 19.2. The molecule has 0 unspecified atom stereocenters. The number of rotatable bonds is 6. The number of pyridine rings is 1. The summed E-state index contributed by atoms with van der Waals surface area (Å²) < 4.78 is 2.43. The molecule has 0 fully saturated rings. The van der Waals surface area contributed by atoms with Gasteiger partial charge in [-0.2, -0.15) is 0 Å². The van der Waals surface area contributed by atoms with Gasteiger partial charge in [-0.25, -0.2) is 9.78 Å². The molecular weight excluding hydrogens is 456 g/mol. The van der Waals surface area contributed by atoms with Crippen LogP contribution in [0.2, 0.25) is 0 Å². The fourth-order valence-electron chi connectivity index (χ4n) is 3.14. The summed E-state index contributed by atoms with van der Waals surface area (Å²) in [6, 6.07) is 5.56. The van der Waals surface area contributed by atoms with Gasteiger partial charge in [-0.05, 0) is 46.5 Å². The predicted molar refractivity (Wildman–Crippen MR) is 119 cm³/mol. The van der Waals surface area contributed by atoms with Crippen LogP contribution in [-0.2, 0) is 13.1 Å².